The molecule has 0 aliphatic carbocycles. The molecule has 0 saturated carbocycles. The standard InChI is InChI=1S/C19H21ClN2O3/c1-24-18-7-4-15(12-17(18)20)19(23)21-13-14-2-5-16(6-3-14)22-8-10-25-11-9-22/h2-7,12H,8-11,13H2,1H3,(H,21,23). The summed E-state index contributed by atoms with van der Waals surface area (Å²) in [5, 5.41) is 3.33. The van der Waals surface area contributed by atoms with E-state index in [2.05, 4.69) is 22.3 Å². The van der Waals surface area contributed by atoms with Crippen LogP contribution in [0, 0.1) is 0 Å². The number of morpholine rings is 1. The average molecular weight is 361 g/mol. The topological polar surface area (TPSA) is 50.8 Å². The minimum atomic E-state index is -0.165. The van der Waals surface area contributed by atoms with Gasteiger partial charge in [-0.05, 0) is 35.9 Å². The van der Waals surface area contributed by atoms with Gasteiger partial charge in [-0.2, -0.15) is 0 Å². The first-order chi connectivity index (χ1) is 12.2. The number of hydrogen-bond donors (Lipinski definition) is 1. The van der Waals surface area contributed by atoms with Crippen LogP contribution in [-0.2, 0) is 11.3 Å². The fourth-order valence-corrected chi connectivity index (χ4v) is 3.00. The molecule has 2 aromatic rings. The molecule has 0 atom stereocenters. The second-order valence-electron chi connectivity index (χ2n) is 5.80. The molecule has 132 valence electrons. The summed E-state index contributed by atoms with van der Waals surface area (Å²) in [6.07, 6.45) is 0. The monoisotopic (exact) mass is 360 g/mol. The second kappa shape index (κ2) is 8.23. The van der Waals surface area contributed by atoms with E-state index in [1.165, 1.54) is 5.69 Å². The molecule has 0 radical (unpaired) electrons. The molecule has 0 aromatic heterocycles. The van der Waals surface area contributed by atoms with Gasteiger partial charge in [0.05, 0.1) is 25.3 Å². The van der Waals surface area contributed by atoms with Gasteiger partial charge in [0.1, 0.15) is 5.75 Å². The Morgan fingerprint density at radius 2 is 1.92 bits per heavy atom. The molecule has 5 nitrogen and oxygen atoms in total. The van der Waals surface area contributed by atoms with Crippen molar-refractivity contribution in [2.45, 2.75) is 6.54 Å². The molecule has 6 heteroatoms. The number of carbonyl (C=O) groups excluding carboxylic acids is 1. The van der Waals surface area contributed by atoms with Crippen LogP contribution >= 0.6 is 11.6 Å². The number of methoxy groups -OCH3 is 1. The summed E-state index contributed by atoms with van der Waals surface area (Å²) in [6, 6.07) is 13.2. The van der Waals surface area contributed by atoms with Crippen molar-refractivity contribution in [2.24, 2.45) is 0 Å². The summed E-state index contributed by atoms with van der Waals surface area (Å²) in [5.74, 6) is 0.388. The highest BCUT2D eigenvalue weighted by Crippen LogP contribution is 2.25. The molecule has 25 heavy (non-hydrogen) atoms. The fourth-order valence-electron chi connectivity index (χ4n) is 2.74. The van der Waals surface area contributed by atoms with E-state index in [-0.39, 0.29) is 5.91 Å². The SMILES string of the molecule is COc1ccc(C(=O)NCc2ccc(N3CCOCC3)cc2)cc1Cl. The molecule has 3 rings (SSSR count). The molecule has 0 bridgehead atoms. The smallest absolute Gasteiger partial charge is 0.251 e. The summed E-state index contributed by atoms with van der Waals surface area (Å²) >= 11 is 6.06. The van der Waals surface area contributed by atoms with Crippen LogP contribution in [0.1, 0.15) is 15.9 Å². The van der Waals surface area contributed by atoms with E-state index >= 15 is 0 Å². The van der Waals surface area contributed by atoms with E-state index in [4.69, 9.17) is 21.1 Å². The van der Waals surface area contributed by atoms with Crippen molar-refractivity contribution in [2.75, 3.05) is 38.3 Å². The van der Waals surface area contributed by atoms with Crippen LogP contribution < -0.4 is 15.0 Å². The summed E-state index contributed by atoms with van der Waals surface area (Å²) in [4.78, 5) is 14.5. The largest absolute Gasteiger partial charge is 0.495 e. The first kappa shape index (κ1) is 17.6. The van der Waals surface area contributed by atoms with Crippen LogP contribution in [0.5, 0.6) is 5.75 Å². The number of rotatable bonds is 5. The predicted octanol–water partition coefficient (Wildman–Crippen LogP) is 3.12. The van der Waals surface area contributed by atoms with Gasteiger partial charge in [-0.15, -0.1) is 0 Å². The Hall–Kier alpha value is -2.24. The normalized spacial score (nSPS) is 14.2. The predicted molar refractivity (Wildman–Crippen MR) is 98.6 cm³/mol. The van der Waals surface area contributed by atoms with Crippen LogP contribution in [0.2, 0.25) is 5.02 Å². The lowest BCUT2D eigenvalue weighted by molar-refractivity contribution is 0.0951. The number of ether oxygens (including phenoxy) is 2. The molecule has 1 saturated heterocycles. The fraction of sp³-hybridized carbons (Fsp3) is 0.316. The molecular formula is C19H21ClN2O3. The molecule has 0 spiro atoms. The zero-order valence-electron chi connectivity index (χ0n) is 14.1. The molecule has 1 aliphatic rings. The number of hydrogen-bond acceptors (Lipinski definition) is 4. The van der Waals surface area contributed by atoms with Crippen molar-refractivity contribution < 1.29 is 14.3 Å². The van der Waals surface area contributed by atoms with Gasteiger partial charge in [0, 0.05) is 30.9 Å². The maximum Gasteiger partial charge on any atom is 0.251 e. The number of benzene rings is 2. The molecule has 1 N–H and O–H groups in total. The molecule has 1 heterocycles. The Bertz CT molecular complexity index is 728. The van der Waals surface area contributed by atoms with Crippen molar-refractivity contribution in [3.05, 3.63) is 58.6 Å². The van der Waals surface area contributed by atoms with Crippen molar-refractivity contribution in [1.29, 1.82) is 0 Å². The zero-order chi connectivity index (χ0) is 17.6. The minimum absolute atomic E-state index is 0.165. The first-order valence-corrected chi connectivity index (χ1v) is 8.58. The van der Waals surface area contributed by atoms with Gasteiger partial charge in [-0.3, -0.25) is 4.79 Å². The Morgan fingerprint density at radius 3 is 2.56 bits per heavy atom. The van der Waals surface area contributed by atoms with Crippen molar-refractivity contribution in [3.8, 4) is 5.75 Å². The lowest BCUT2D eigenvalue weighted by atomic mass is 10.1. The van der Waals surface area contributed by atoms with Gasteiger partial charge >= 0.3 is 0 Å². The summed E-state index contributed by atoms with van der Waals surface area (Å²) in [5.41, 5.74) is 2.74. The Kier molecular flexibility index (Phi) is 5.79. The molecule has 1 amide bonds. The maximum absolute atomic E-state index is 12.3. The van der Waals surface area contributed by atoms with Gasteiger partial charge in [0.2, 0.25) is 0 Å². The summed E-state index contributed by atoms with van der Waals surface area (Å²) in [6.45, 7) is 3.82. The van der Waals surface area contributed by atoms with E-state index in [1.54, 1.807) is 25.3 Å². The van der Waals surface area contributed by atoms with Gasteiger partial charge in [-0.1, -0.05) is 23.7 Å². The highest BCUT2D eigenvalue weighted by molar-refractivity contribution is 6.32. The maximum atomic E-state index is 12.3. The van der Waals surface area contributed by atoms with Crippen LogP contribution in [0.15, 0.2) is 42.5 Å². The number of halogens is 1. The lowest BCUT2D eigenvalue weighted by Crippen LogP contribution is -2.36. The van der Waals surface area contributed by atoms with Crippen molar-refractivity contribution in [3.63, 3.8) is 0 Å². The highest BCUT2D eigenvalue weighted by atomic mass is 35.5. The number of amides is 1. The van der Waals surface area contributed by atoms with Crippen LogP contribution in [0.3, 0.4) is 0 Å². The van der Waals surface area contributed by atoms with E-state index < -0.39 is 0 Å². The lowest BCUT2D eigenvalue weighted by Gasteiger charge is -2.28. The number of carbonyl (C=O) groups is 1. The van der Waals surface area contributed by atoms with Crippen LogP contribution in [0.25, 0.3) is 0 Å². The number of nitrogens with zero attached hydrogens (tertiary/aromatic N) is 1. The minimum Gasteiger partial charge on any atom is -0.495 e. The van der Waals surface area contributed by atoms with E-state index in [9.17, 15) is 4.79 Å². The van der Waals surface area contributed by atoms with Crippen LogP contribution in [0.4, 0.5) is 5.69 Å². The Balaban J connectivity index is 1.57. The average Bonchev–Trinajstić information content (AvgIpc) is 2.67. The zero-order valence-corrected chi connectivity index (χ0v) is 14.9. The van der Waals surface area contributed by atoms with Gasteiger partial charge in [-0.25, -0.2) is 0 Å². The van der Waals surface area contributed by atoms with Crippen LogP contribution in [-0.4, -0.2) is 39.3 Å². The second-order valence-corrected chi connectivity index (χ2v) is 6.21. The van der Waals surface area contributed by atoms with Crippen molar-refractivity contribution in [1.82, 2.24) is 5.32 Å². The van der Waals surface area contributed by atoms with E-state index in [1.807, 2.05) is 12.1 Å². The molecule has 1 aliphatic heterocycles. The first-order valence-electron chi connectivity index (χ1n) is 8.21. The number of nitrogens with one attached hydrogen (secondary N) is 1. The number of anilines is 1. The molecule has 0 unspecified atom stereocenters. The third kappa shape index (κ3) is 4.44. The van der Waals surface area contributed by atoms with Gasteiger partial charge < -0.3 is 19.7 Å². The third-order valence-corrected chi connectivity index (χ3v) is 4.47. The molecule has 1 fully saturated rings. The summed E-state index contributed by atoms with van der Waals surface area (Å²) < 4.78 is 10.5. The third-order valence-electron chi connectivity index (χ3n) is 4.18. The Labute approximate surface area is 152 Å². The molecular weight excluding hydrogens is 340 g/mol. The quantitative estimate of drug-likeness (QED) is 0.890. The molecule has 2 aromatic carbocycles. The van der Waals surface area contributed by atoms with Crippen molar-refractivity contribution >= 4 is 23.2 Å². The van der Waals surface area contributed by atoms with E-state index in [0.29, 0.717) is 22.9 Å². The van der Waals surface area contributed by atoms with E-state index in [0.717, 1.165) is 31.9 Å². The highest BCUT2D eigenvalue weighted by Gasteiger charge is 2.11. The Morgan fingerprint density at radius 1 is 1.20 bits per heavy atom. The summed E-state index contributed by atoms with van der Waals surface area (Å²) in [7, 11) is 1.54. The van der Waals surface area contributed by atoms with Gasteiger partial charge in [0.15, 0.2) is 0 Å². The van der Waals surface area contributed by atoms with Gasteiger partial charge in [0.25, 0.3) is 5.91 Å².